The summed E-state index contributed by atoms with van der Waals surface area (Å²) in [6.45, 7) is 0.986. The lowest BCUT2D eigenvalue weighted by molar-refractivity contribution is 0.580. The normalized spacial score (nSPS) is 15.2. The highest BCUT2D eigenvalue weighted by molar-refractivity contribution is 7.89. The molecule has 0 amide bonds. The smallest absolute Gasteiger partial charge is 0.240 e. The van der Waals surface area contributed by atoms with Crippen LogP contribution < -0.4 is 10.0 Å². The van der Waals surface area contributed by atoms with E-state index in [1.807, 2.05) is 12.1 Å². The third-order valence-corrected chi connectivity index (χ3v) is 4.83. The van der Waals surface area contributed by atoms with Gasteiger partial charge in [0.05, 0.1) is 17.8 Å². The summed E-state index contributed by atoms with van der Waals surface area (Å²) in [5.41, 5.74) is 1.82. The van der Waals surface area contributed by atoms with Crippen molar-refractivity contribution < 1.29 is 8.42 Å². The molecule has 2 aromatic rings. The van der Waals surface area contributed by atoms with Gasteiger partial charge in [-0.3, -0.25) is 0 Å². The molecule has 3 rings (SSSR count). The van der Waals surface area contributed by atoms with Gasteiger partial charge in [0.15, 0.2) is 0 Å². The molecule has 1 heterocycles. The first-order valence-corrected chi connectivity index (χ1v) is 8.41. The van der Waals surface area contributed by atoms with Crippen LogP contribution in [0.15, 0.2) is 41.7 Å². The third-order valence-electron chi connectivity index (χ3n) is 3.41. The topological polar surface area (TPSA) is 86.9 Å². The Bertz CT molecular complexity index is 676. The molecule has 6 nitrogen and oxygen atoms in total. The zero-order chi connectivity index (χ0) is 14.7. The van der Waals surface area contributed by atoms with E-state index in [1.165, 1.54) is 19.2 Å². The Morgan fingerprint density at radius 1 is 1.19 bits per heavy atom. The Labute approximate surface area is 124 Å². The quantitative estimate of drug-likeness (QED) is 0.716. The van der Waals surface area contributed by atoms with Gasteiger partial charge in [-0.15, -0.1) is 0 Å². The molecule has 3 N–H and O–H groups in total. The lowest BCUT2D eigenvalue weighted by atomic mass is 10.2. The van der Waals surface area contributed by atoms with Crippen LogP contribution in [0.5, 0.6) is 0 Å². The number of hydrogen-bond acceptors (Lipinski definition) is 4. The average Bonchev–Trinajstić information content (AvgIpc) is 3.17. The number of aromatic amines is 1. The van der Waals surface area contributed by atoms with E-state index in [-0.39, 0.29) is 11.4 Å². The van der Waals surface area contributed by atoms with Crippen LogP contribution in [0.2, 0.25) is 0 Å². The summed E-state index contributed by atoms with van der Waals surface area (Å²) in [6, 6.07) is 7.61. The maximum atomic E-state index is 12.2. The zero-order valence-electron chi connectivity index (χ0n) is 11.5. The number of H-pyrrole nitrogens is 1. The second-order valence-electron chi connectivity index (χ2n) is 5.20. The van der Waals surface area contributed by atoms with Crippen LogP contribution in [-0.2, 0) is 23.1 Å². The highest BCUT2D eigenvalue weighted by Gasteiger charge is 2.20. The van der Waals surface area contributed by atoms with Crippen LogP contribution in [0.1, 0.15) is 24.1 Å². The van der Waals surface area contributed by atoms with Gasteiger partial charge in [-0.05, 0) is 30.5 Å². The molecule has 1 saturated carbocycles. The number of benzene rings is 1. The molecule has 1 aromatic heterocycles. The fourth-order valence-corrected chi connectivity index (χ4v) is 2.98. The summed E-state index contributed by atoms with van der Waals surface area (Å²) in [5, 5.41) is 3.40. The maximum Gasteiger partial charge on any atom is 0.240 e. The van der Waals surface area contributed by atoms with Gasteiger partial charge in [0.1, 0.15) is 0 Å². The van der Waals surface area contributed by atoms with Gasteiger partial charge >= 0.3 is 0 Å². The monoisotopic (exact) mass is 306 g/mol. The van der Waals surface area contributed by atoms with Gasteiger partial charge in [-0.2, -0.15) is 0 Å². The third kappa shape index (κ3) is 3.90. The second kappa shape index (κ2) is 5.97. The number of nitrogens with one attached hydrogen (secondary N) is 3. The molecular formula is C14H18N4O2S. The van der Waals surface area contributed by atoms with E-state index in [9.17, 15) is 8.42 Å². The Morgan fingerprint density at radius 2 is 1.95 bits per heavy atom. The lowest BCUT2D eigenvalue weighted by Gasteiger charge is -2.07. The maximum absolute atomic E-state index is 12.2. The van der Waals surface area contributed by atoms with E-state index in [1.54, 1.807) is 18.3 Å². The van der Waals surface area contributed by atoms with Crippen molar-refractivity contribution in [2.75, 3.05) is 0 Å². The Kier molecular flexibility index (Phi) is 4.05. The highest BCUT2D eigenvalue weighted by atomic mass is 32.2. The molecule has 21 heavy (non-hydrogen) atoms. The summed E-state index contributed by atoms with van der Waals surface area (Å²) in [5.74, 6) is 0. The molecule has 1 aliphatic carbocycles. The van der Waals surface area contributed by atoms with Crippen LogP contribution in [0.3, 0.4) is 0 Å². The minimum atomic E-state index is -3.49. The predicted octanol–water partition coefficient (Wildman–Crippen LogP) is 1.14. The first kappa shape index (κ1) is 14.2. The zero-order valence-corrected chi connectivity index (χ0v) is 12.4. The minimum absolute atomic E-state index is 0.202. The van der Waals surface area contributed by atoms with Crippen molar-refractivity contribution in [3.8, 4) is 0 Å². The van der Waals surface area contributed by atoms with Crippen molar-refractivity contribution in [3.05, 3.63) is 48.0 Å². The van der Waals surface area contributed by atoms with Crippen LogP contribution in [0.4, 0.5) is 0 Å². The minimum Gasteiger partial charge on any atom is -0.347 e. The van der Waals surface area contributed by atoms with Gasteiger partial charge < -0.3 is 10.3 Å². The van der Waals surface area contributed by atoms with Crippen molar-refractivity contribution in [3.63, 3.8) is 0 Å². The molecule has 112 valence electrons. The van der Waals surface area contributed by atoms with E-state index < -0.39 is 10.0 Å². The number of sulfonamides is 1. The average molecular weight is 306 g/mol. The SMILES string of the molecule is O=S(=O)(NCc1cnc[nH]1)c1ccc(CNC2CC2)cc1. The van der Waals surface area contributed by atoms with E-state index >= 15 is 0 Å². The van der Waals surface area contributed by atoms with E-state index in [0.717, 1.165) is 17.8 Å². The summed E-state index contributed by atoms with van der Waals surface area (Å²) in [7, 11) is -3.49. The first-order chi connectivity index (χ1) is 10.1. The molecule has 1 aromatic carbocycles. The van der Waals surface area contributed by atoms with Crippen molar-refractivity contribution in [2.24, 2.45) is 0 Å². The van der Waals surface area contributed by atoms with E-state index in [4.69, 9.17) is 0 Å². The van der Waals surface area contributed by atoms with Crippen molar-refractivity contribution in [2.45, 2.75) is 36.9 Å². The molecular weight excluding hydrogens is 288 g/mol. The first-order valence-electron chi connectivity index (χ1n) is 6.93. The fourth-order valence-electron chi connectivity index (χ4n) is 1.97. The molecule has 0 atom stereocenters. The molecule has 0 radical (unpaired) electrons. The fraction of sp³-hybridized carbons (Fsp3) is 0.357. The summed E-state index contributed by atoms with van der Waals surface area (Å²) in [6.07, 6.45) is 5.59. The summed E-state index contributed by atoms with van der Waals surface area (Å²) < 4.78 is 26.9. The van der Waals surface area contributed by atoms with Crippen molar-refractivity contribution in [1.29, 1.82) is 0 Å². The van der Waals surface area contributed by atoms with E-state index in [0.29, 0.717) is 6.04 Å². The Hall–Kier alpha value is -1.70. The number of aromatic nitrogens is 2. The summed E-state index contributed by atoms with van der Waals surface area (Å²) in [4.78, 5) is 6.98. The van der Waals surface area contributed by atoms with Crippen LogP contribution in [0, 0.1) is 0 Å². The molecule has 0 unspecified atom stereocenters. The molecule has 0 bridgehead atoms. The van der Waals surface area contributed by atoms with Gasteiger partial charge in [0.2, 0.25) is 10.0 Å². The molecule has 1 fully saturated rings. The molecule has 0 aliphatic heterocycles. The van der Waals surface area contributed by atoms with Crippen molar-refractivity contribution >= 4 is 10.0 Å². The summed E-state index contributed by atoms with van der Waals surface area (Å²) >= 11 is 0. The highest BCUT2D eigenvalue weighted by Crippen LogP contribution is 2.19. The number of nitrogens with zero attached hydrogens (tertiary/aromatic N) is 1. The van der Waals surface area contributed by atoms with Crippen LogP contribution in [-0.4, -0.2) is 24.4 Å². The number of rotatable bonds is 7. The van der Waals surface area contributed by atoms with E-state index in [2.05, 4.69) is 20.0 Å². The predicted molar refractivity (Wildman–Crippen MR) is 78.9 cm³/mol. The lowest BCUT2D eigenvalue weighted by Crippen LogP contribution is -2.23. The van der Waals surface area contributed by atoms with Crippen LogP contribution in [0.25, 0.3) is 0 Å². The molecule has 7 heteroatoms. The van der Waals surface area contributed by atoms with Crippen molar-refractivity contribution in [1.82, 2.24) is 20.0 Å². The Balaban J connectivity index is 1.61. The van der Waals surface area contributed by atoms with Gasteiger partial charge in [-0.25, -0.2) is 18.1 Å². The Morgan fingerprint density at radius 3 is 2.57 bits per heavy atom. The number of hydrogen-bond donors (Lipinski definition) is 3. The molecule has 0 spiro atoms. The second-order valence-corrected chi connectivity index (χ2v) is 6.97. The standard InChI is InChI=1S/C14H18N4O2S/c19-21(20,18-9-13-8-15-10-17-13)14-5-1-11(2-6-14)7-16-12-3-4-12/h1-2,5-6,8,10,12,16,18H,3-4,7,9H2,(H,15,17). The number of imidazole rings is 1. The van der Waals surface area contributed by atoms with Gasteiger partial charge in [0.25, 0.3) is 0 Å². The van der Waals surface area contributed by atoms with Crippen LogP contribution >= 0.6 is 0 Å². The molecule has 1 aliphatic rings. The van der Waals surface area contributed by atoms with Gasteiger partial charge in [-0.1, -0.05) is 12.1 Å². The largest absolute Gasteiger partial charge is 0.347 e. The molecule has 0 saturated heterocycles. The van der Waals surface area contributed by atoms with Gasteiger partial charge in [0, 0.05) is 24.5 Å².